The Labute approximate surface area is 259 Å². The van der Waals surface area contributed by atoms with Gasteiger partial charge >= 0.3 is 17.9 Å². The van der Waals surface area contributed by atoms with Gasteiger partial charge < -0.3 is 14.2 Å². The number of rotatable bonds is 32. The van der Waals surface area contributed by atoms with Gasteiger partial charge in [-0.1, -0.05) is 156 Å². The van der Waals surface area contributed by atoms with E-state index in [-0.39, 0.29) is 31.1 Å². The van der Waals surface area contributed by atoms with Crippen LogP contribution >= 0.6 is 0 Å². The van der Waals surface area contributed by atoms with Gasteiger partial charge in [0, 0.05) is 19.3 Å². The Morgan fingerprint density at radius 2 is 0.643 bits per heavy atom. The van der Waals surface area contributed by atoms with Crippen LogP contribution in [0.25, 0.3) is 0 Å². The van der Waals surface area contributed by atoms with E-state index in [2.05, 4.69) is 20.8 Å². The summed E-state index contributed by atoms with van der Waals surface area (Å²) in [6.07, 6.45) is 28.2. The predicted molar refractivity (Wildman–Crippen MR) is 173 cm³/mol. The van der Waals surface area contributed by atoms with Gasteiger partial charge in [0.25, 0.3) is 0 Å². The molecule has 0 amide bonds. The van der Waals surface area contributed by atoms with Crippen LogP contribution < -0.4 is 0 Å². The molecule has 0 aliphatic heterocycles. The van der Waals surface area contributed by atoms with Crippen LogP contribution in [0.3, 0.4) is 0 Å². The highest BCUT2D eigenvalue weighted by atomic mass is 16.6. The molecule has 0 N–H and O–H groups in total. The van der Waals surface area contributed by atoms with Crippen molar-refractivity contribution >= 4 is 17.9 Å². The first-order valence-electron chi connectivity index (χ1n) is 18.0. The Kier molecular flexibility index (Phi) is 31.1. The molecule has 0 saturated heterocycles. The highest BCUT2D eigenvalue weighted by Crippen LogP contribution is 2.13. The summed E-state index contributed by atoms with van der Waals surface area (Å²) in [4.78, 5) is 37.0. The monoisotopic (exact) mass is 597 g/mol. The molecular formula is C36H68O6. The van der Waals surface area contributed by atoms with Gasteiger partial charge in [0.2, 0.25) is 0 Å². The molecular weight excluding hydrogens is 528 g/mol. The Morgan fingerprint density at radius 3 is 0.952 bits per heavy atom. The van der Waals surface area contributed by atoms with Crippen molar-refractivity contribution in [2.24, 2.45) is 0 Å². The van der Waals surface area contributed by atoms with E-state index in [1.807, 2.05) is 0 Å². The van der Waals surface area contributed by atoms with E-state index in [0.29, 0.717) is 19.3 Å². The van der Waals surface area contributed by atoms with Crippen LogP contribution in [-0.2, 0) is 28.6 Å². The van der Waals surface area contributed by atoms with Crippen LogP contribution in [0.4, 0.5) is 0 Å². The van der Waals surface area contributed by atoms with Crippen LogP contribution in [0.15, 0.2) is 0 Å². The van der Waals surface area contributed by atoms with E-state index in [4.69, 9.17) is 14.2 Å². The molecule has 0 aromatic rings. The summed E-state index contributed by atoms with van der Waals surface area (Å²) in [6.45, 7) is 6.51. The zero-order valence-corrected chi connectivity index (χ0v) is 28.0. The standard InChI is InChI=1S/C36H68O6/c1-4-7-10-13-16-18-19-21-23-26-29-35(38)41-32-33(31-40-34(37)28-25-22-15-12-9-6-3)42-36(39)30-27-24-20-17-14-11-8-5-2/h33H,4-32H2,1-3H3. The molecule has 0 spiro atoms. The van der Waals surface area contributed by atoms with Gasteiger partial charge in [-0.2, -0.15) is 0 Å². The minimum atomic E-state index is -0.753. The van der Waals surface area contributed by atoms with Crippen molar-refractivity contribution in [2.75, 3.05) is 13.2 Å². The smallest absolute Gasteiger partial charge is 0.306 e. The quantitative estimate of drug-likeness (QED) is 0.0436. The van der Waals surface area contributed by atoms with E-state index in [9.17, 15) is 14.4 Å². The van der Waals surface area contributed by atoms with Crippen molar-refractivity contribution < 1.29 is 28.6 Å². The number of hydrogen-bond donors (Lipinski definition) is 0. The molecule has 0 aromatic heterocycles. The van der Waals surface area contributed by atoms with E-state index in [1.54, 1.807) is 0 Å². The molecule has 0 fully saturated rings. The van der Waals surface area contributed by atoms with Crippen LogP contribution in [0, 0.1) is 0 Å². The second-order valence-corrected chi connectivity index (χ2v) is 12.2. The maximum atomic E-state index is 12.5. The molecule has 1 unspecified atom stereocenters. The molecule has 0 saturated carbocycles. The lowest BCUT2D eigenvalue weighted by Gasteiger charge is -2.18. The zero-order chi connectivity index (χ0) is 30.9. The molecule has 42 heavy (non-hydrogen) atoms. The summed E-state index contributed by atoms with van der Waals surface area (Å²) in [7, 11) is 0. The van der Waals surface area contributed by atoms with Gasteiger partial charge in [0.15, 0.2) is 6.10 Å². The first kappa shape index (κ1) is 40.4. The lowest BCUT2D eigenvalue weighted by atomic mass is 10.1. The molecule has 0 radical (unpaired) electrons. The molecule has 0 rings (SSSR count). The van der Waals surface area contributed by atoms with Crippen LogP contribution in [0.2, 0.25) is 0 Å². The largest absolute Gasteiger partial charge is 0.462 e. The Morgan fingerprint density at radius 1 is 0.381 bits per heavy atom. The topological polar surface area (TPSA) is 78.9 Å². The Bertz CT molecular complexity index is 620. The molecule has 1 atom stereocenters. The van der Waals surface area contributed by atoms with E-state index >= 15 is 0 Å². The molecule has 6 heteroatoms. The fourth-order valence-electron chi connectivity index (χ4n) is 5.09. The molecule has 0 heterocycles. The van der Waals surface area contributed by atoms with Crippen molar-refractivity contribution in [3.05, 3.63) is 0 Å². The van der Waals surface area contributed by atoms with Crippen molar-refractivity contribution in [3.8, 4) is 0 Å². The Hall–Kier alpha value is -1.59. The summed E-state index contributed by atoms with van der Waals surface area (Å²) in [5.74, 6) is -0.882. The number of carbonyl (C=O) groups is 3. The second-order valence-electron chi connectivity index (χ2n) is 12.2. The lowest BCUT2D eigenvalue weighted by Crippen LogP contribution is -2.30. The van der Waals surface area contributed by atoms with Gasteiger partial charge in [-0.25, -0.2) is 0 Å². The van der Waals surface area contributed by atoms with Gasteiger partial charge in [-0.15, -0.1) is 0 Å². The van der Waals surface area contributed by atoms with Gasteiger partial charge in [0.05, 0.1) is 0 Å². The van der Waals surface area contributed by atoms with Crippen molar-refractivity contribution in [1.82, 2.24) is 0 Å². The summed E-state index contributed by atoms with van der Waals surface area (Å²) in [6, 6.07) is 0. The maximum absolute atomic E-state index is 12.5. The third kappa shape index (κ3) is 29.9. The van der Waals surface area contributed by atoms with E-state index in [1.165, 1.54) is 96.3 Å². The average Bonchev–Trinajstić information content (AvgIpc) is 2.98. The Balaban J connectivity index is 4.32. The number of ether oxygens (including phenoxy) is 3. The second kappa shape index (κ2) is 32.3. The predicted octanol–water partition coefficient (Wildman–Crippen LogP) is 10.6. The molecule has 0 aromatic carbocycles. The summed E-state index contributed by atoms with van der Waals surface area (Å²) < 4.78 is 16.4. The molecule has 0 aliphatic rings. The number of esters is 3. The average molecular weight is 597 g/mol. The summed E-state index contributed by atoms with van der Waals surface area (Å²) >= 11 is 0. The van der Waals surface area contributed by atoms with Crippen molar-refractivity contribution in [2.45, 2.75) is 200 Å². The first-order valence-corrected chi connectivity index (χ1v) is 18.0. The lowest BCUT2D eigenvalue weighted by molar-refractivity contribution is -0.167. The third-order valence-electron chi connectivity index (χ3n) is 7.86. The van der Waals surface area contributed by atoms with Crippen molar-refractivity contribution in [1.29, 1.82) is 0 Å². The molecule has 248 valence electrons. The van der Waals surface area contributed by atoms with Crippen molar-refractivity contribution in [3.63, 3.8) is 0 Å². The maximum Gasteiger partial charge on any atom is 0.306 e. The normalized spacial score (nSPS) is 11.8. The fraction of sp³-hybridized carbons (Fsp3) is 0.917. The minimum Gasteiger partial charge on any atom is -0.462 e. The van der Waals surface area contributed by atoms with Gasteiger partial charge in [0.1, 0.15) is 13.2 Å². The molecule has 6 nitrogen and oxygen atoms in total. The van der Waals surface area contributed by atoms with Crippen LogP contribution in [0.5, 0.6) is 0 Å². The summed E-state index contributed by atoms with van der Waals surface area (Å²) in [5, 5.41) is 0. The van der Waals surface area contributed by atoms with Crippen LogP contribution in [-0.4, -0.2) is 37.2 Å². The highest BCUT2D eigenvalue weighted by molar-refractivity contribution is 5.71. The number of unbranched alkanes of at least 4 members (excludes halogenated alkanes) is 21. The zero-order valence-electron chi connectivity index (χ0n) is 28.0. The highest BCUT2D eigenvalue weighted by Gasteiger charge is 2.19. The molecule has 0 aliphatic carbocycles. The first-order chi connectivity index (χ1) is 20.5. The SMILES string of the molecule is CCCCCCCCCCCCC(=O)OCC(COC(=O)CCCCCCCC)OC(=O)CCCCCCCCCC. The van der Waals surface area contributed by atoms with E-state index < -0.39 is 6.10 Å². The van der Waals surface area contributed by atoms with Gasteiger partial charge in [-0.05, 0) is 19.3 Å². The summed E-state index contributed by atoms with van der Waals surface area (Å²) in [5.41, 5.74) is 0. The van der Waals surface area contributed by atoms with E-state index in [0.717, 1.165) is 57.8 Å². The number of carbonyl (C=O) groups excluding carboxylic acids is 3. The van der Waals surface area contributed by atoms with Gasteiger partial charge in [-0.3, -0.25) is 14.4 Å². The fourth-order valence-corrected chi connectivity index (χ4v) is 5.09. The third-order valence-corrected chi connectivity index (χ3v) is 7.86. The minimum absolute atomic E-state index is 0.0654. The number of hydrogen-bond acceptors (Lipinski definition) is 6. The van der Waals surface area contributed by atoms with Crippen LogP contribution in [0.1, 0.15) is 194 Å². The molecule has 0 bridgehead atoms.